The fourth-order valence-electron chi connectivity index (χ4n) is 2.28. The zero-order valence-electron chi connectivity index (χ0n) is 11.0. The maximum Gasteiger partial charge on any atom is 0.273 e. The van der Waals surface area contributed by atoms with Gasteiger partial charge in [-0.1, -0.05) is 0 Å². The molecule has 0 amide bonds. The highest BCUT2D eigenvalue weighted by Crippen LogP contribution is 2.32. The van der Waals surface area contributed by atoms with Gasteiger partial charge in [0.15, 0.2) is 0 Å². The van der Waals surface area contributed by atoms with E-state index in [1.165, 1.54) is 6.07 Å². The van der Waals surface area contributed by atoms with Gasteiger partial charge in [-0.15, -0.1) is 0 Å². The Morgan fingerprint density at radius 2 is 2.21 bits per heavy atom. The van der Waals surface area contributed by atoms with Crippen molar-refractivity contribution < 1.29 is 9.66 Å². The second kappa shape index (κ2) is 5.02. The van der Waals surface area contributed by atoms with Crippen LogP contribution < -0.4 is 16.2 Å². The first kappa shape index (κ1) is 13.6. The number of morpholine rings is 1. The predicted octanol–water partition coefficient (Wildman–Crippen LogP) is 1.50. The van der Waals surface area contributed by atoms with Crippen LogP contribution in [0.5, 0.6) is 0 Å². The van der Waals surface area contributed by atoms with Crippen LogP contribution in [-0.4, -0.2) is 30.2 Å². The van der Waals surface area contributed by atoms with E-state index >= 15 is 0 Å². The summed E-state index contributed by atoms with van der Waals surface area (Å²) in [7, 11) is 0. The third-order valence-electron chi connectivity index (χ3n) is 3.24. The smallest absolute Gasteiger partial charge is 0.273 e. The zero-order valence-corrected chi connectivity index (χ0v) is 11.0. The Morgan fingerprint density at radius 3 is 2.79 bits per heavy atom. The maximum atomic E-state index is 11.0. The summed E-state index contributed by atoms with van der Waals surface area (Å²) in [5, 5.41) is 11.0. The molecule has 0 aromatic heterocycles. The molecule has 1 aliphatic heterocycles. The molecule has 0 bridgehead atoms. The molecule has 0 saturated carbocycles. The molecule has 1 saturated heterocycles. The number of nitro benzene ring substituents is 1. The normalized spacial score (nSPS) is 18.2. The lowest BCUT2D eigenvalue weighted by molar-refractivity contribution is -0.384. The van der Waals surface area contributed by atoms with Gasteiger partial charge in [0, 0.05) is 24.4 Å². The first-order valence-electron chi connectivity index (χ1n) is 6.05. The number of hydrogen-bond donors (Lipinski definition) is 2. The number of nitrogens with one attached hydrogen (secondary N) is 1. The van der Waals surface area contributed by atoms with Gasteiger partial charge in [0.2, 0.25) is 0 Å². The lowest BCUT2D eigenvalue weighted by Gasteiger charge is -2.43. The molecule has 1 aliphatic rings. The largest absolute Gasteiger partial charge is 0.377 e. The molecule has 3 N–H and O–H groups in total. The standard InChI is InChI=1S/C12H18N4O3/c1-12(2)8-19-4-3-15(12)10-5-9(14-13)6-11(7-10)16(17)18/h5-7,14H,3-4,8,13H2,1-2H3. The van der Waals surface area contributed by atoms with E-state index in [4.69, 9.17) is 10.6 Å². The van der Waals surface area contributed by atoms with E-state index < -0.39 is 4.92 Å². The molecule has 1 heterocycles. The fraction of sp³-hybridized carbons (Fsp3) is 0.500. The molecular weight excluding hydrogens is 248 g/mol. The SMILES string of the molecule is CC1(C)COCCN1c1cc(NN)cc([N+](=O)[O-])c1. The summed E-state index contributed by atoms with van der Waals surface area (Å²) < 4.78 is 5.45. The summed E-state index contributed by atoms with van der Waals surface area (Å²) in [5.41, 5.74) is 3.57. The summed E-state index contributed by atoms with van der Waals surface area (Å²) in [5.74, 6) is 5.37. The topological polar surface area (TPSA) is 93.7 Å². The van der Waals surface area contributed by atoms with Crippen LogP contribution in [0.4, 0.5) is 17.1 Å². The van der Waals surface area contributed by atoms with E-state index in [-0.39, 0.29) is 11.2 Å². The third-order valence-corrected chi connectivity index (χ3v) is 3.24. The second-order valence-electron chi connectivity index (χ2n) is 5.16. The van der Waals surface area contributed by atoms with Crippen LogP contribution in [0.1, 0.15) is 13.8 Å². The summed E-state index contributed by atoms with van der Waals surface area (Å²) in [6.45, 7) is 5.97. The number of nitrogen functional groups attached to an aromatic ring is 1. The van der Waals surface area contributed by atoms with Gasteiger partial charge in [-0.2, -0.15) is 0 Å². The number of benzene rings is 1. The summed E-state index contributed by atoms with van der Waals surface area (Å²) in [4.78, 5) is 12.6. The Kier molecular flexibility index (Phi) is 3.59. The molecule has 1 aromatic carbocycles. The molecule has 1 aromatic rings. The molecule has 7 nitrogen and oxygen atoms in total. The van der Waals surface area contributed by atoms with Gasteiger partial charge in [0.05, 0.1) is 29.4 Å². The summed E-state index contributed by atoms with van der Waals surface area (Å²) in [6.07, 6.45) is 0. The second-order valence-corrected chi connectivity index (χ2v) is 5.16. The molecule has 0 aliphatic carbocycles. The van der Waals surface area contributed by atoms with Crippen molar-refractivity contribution in [3.8, 4) is 0 Å². The minimum atomic E-state index is -0.419. The van der Waals surface area contributed by atoms with E-state index in [2.05, 4.69) is 10.3 Å². The highest BCUT2D eigenvalue weighted by atomic mass is 16.6. The average molecular weight is 266 g/mol. The number of nitro groups is 1. The number of rotatable bonds is 3. The number of non-ortho nitro benzene ring substituents is 1. The first-order valence-corrected chi connectivity index (χ1v) is 6.05. The van der Waals surface area contributed by atoms with Crippen LogP contribution in [0.15, 0.2) is 18.2 Å². The van der Waals surface area contributed by atoms with Crippen LogP contribution in [-0.2, 0) is 4.74 Å². The Balaban J connectivity index is 2.42. The highest BCUT2D eigenvalue weighted by Gasteiger charge is 2.31. The molecule has 0 atom stereocenters. The van der Waals surface area contributed by atoms with Gasteiger partial charge < -0.3 is 15.1 Å². The number of anilines is 2. The molecular formula is C12H18N4O3. The average Bonchev–Trinajstić information content (AvgIpc) is 2.37. The van der Waals surface area contributed by atoms with Crippen molar-refractivity contribution in [1.82, 2.24) is 0 Å². The van der Waals surface area contributed by atoms with Crippen molar-refractivity contribution >= 4 is 17.1 Å². The molecule has 0 radical (unpaired) electrons. The maximum absolute atomic E-state index is 11.0. The van der Waals surface area contributed by atoms with Crippen LogP contribution in [0.3, 0.4) is 0 Å². The van der Waals surface area contributed by atoms with Crippen molar-refractivity contribution in [3.63, 3.8) is 0 Å². The number of hydrogen-bond acceptors (Lipinski definition) is 6. The number of hydrazine groups is 1. The van der Waals surface area contributed by atoms with E-state index in [1.54, 1.807) is 12.1 Å². The number of ether oxygens (including phenoxy) is 1. The molecule has 0 unspecified atom stereocenters. The minimum Gasteiger partial charge on any atom is -0.377 e. The lowest BCUT2D eigenvalue weighted by Crippen LogP contribution is -2.53. The molecule has 104 valence electrons. The predicted molar refractivity (Wildman–Crippen MR) is 73.2 cm³/mol. The van der Waals surface area contributed by atoms with Crippen LogP contribution in [0, 0.1) is 10.1 Å². The summed E-state index contributed by atoms with van der Waals surface area (Å²) in [6, 6.07) is 4.78. The molecule has 19 heavy (non-hydrogen) atoms. The highest BCUT2D eigenvalue weighted by molar-refractivity contribution is 5.65. The van der Waals surface area contributed by atoms with Crippen LogP contribution >= 0.6 is 0 Å². The van der Waals surface area contributed by atoms with Gasteiger partial charge in [0.25, 0.3) is 5.69 Å². The van der Waals surface area contributed by atoms with Crippen molar-refractivity contribution in [2.45, 2.75) is 19.4 Å². The zero-order chi connectivity index (χ0) is 14.0. The Hall–Kier alpha value is -1.86. The third kappa shape index (κ3) is 2.77. The van der Waals surface area contributed by atoms with E-state index in [1.807, 2.05) is 13.8 Å². The molecule has 7 heteroatoms. The lowest BCUT2D eigenvalue weighted by atomic mass is 10.0. The van der Waals surface area contributed by atoms with E-state index in [0.717, 1.165) is 5.69 Å². The van der Waals surface area contributed by atoms with E-state index in [9.17, 15) is 10.1 Å². The molecule has 2 rings (SSSR count). The van der Waals surface area contributed by atoms with Crippen molar-refractivity contribution in [1.29, 1.82) is 0 Å². The molecule has 1 fully saturated rings. The van der Waals surface area contributed by atoms with Gasteiger partial charge in [-0.3, -0.25) is 16.0 Å². The number of nitrogens with two attached hydrogens (primary N) is 1. The quantitative estimate of drug-likeness (QED) is 0.489. The van der Waals surface area contributed by atoms with Crippen LogP contribution in [0.25, 0.3) is 0 Å². The van der Waals surface area contributed by atoms with Gasteiger partial charge in [-0.05, 0) is 19.9 Å². The monoisotopic (exact) mass is 266 g/mol. The van der Waals surface area contributed by atoms with Gasteiger partial charge in [0.1, 0.15) is 0 Å². The first-order chi connectivity index (χ1) is 8.94. The molecule has 0 spiro atoms. The Labute approximate surface area is 111 Å². The minimum absolute atomic E-state index is 0.0211. The van der Waals surface area contributed by atoms with E-state index in [0.29, 0.717) is 25.4 Å². The van der Waals surface area contributed by atoms with Gasteiger partial charge in [-0.25, -0.2) is 0 Å². The van der Waals surface area contributed by atoms with Crippen molar-refractivity contribution in [2.24, 2.45) is 5.84 Å². The van der Waals surface area contributed by atoms with Gasteiger partial charge >= 0.3 is 0 Å². The Bertz CT molecular complexity index is 490. The summed E-state index contributed by atoms with van der Waals surface area (Å²) >= 11 is 0. The Morgan fingerprint density at radius 1 is 1.47 bits per heavy atom. The van der Waals surface area contributed by atoms with Crippen molar-refractivity contribution in [3.05, 3.63) is 28.3 Å². The number of nitrogens with zero attached hydrogens (tertiary/aromatic N) is 2. The fourth-order valence-corrected chi connectivity index (χ4v) is 2.28. The van der Waals surface area contributed by atoms with Crippen molar-refractivity contribution in [2.75, 3.05) is 30.1 Å². The van der Waals surface area contributed by atoms with Crippen LogP contribution in [0.2, 0.25) is 0 Å².